The van der Waals surface area contributed by atoms with Gasteiger partial charge in [-0.05, 0) is 101 Å². The summed E-state index contributed by atoms with van der Waals surface area (Å²) in [5.41, 5.74) is 1.83. The number of β-amino-alcohol motifs (C(OH)–C–C–N with tert-alkyl or cyclic N) is 1. The van der Waals surface area contributed by atoms with E-state index in [9.17, 15) is 14.7 Å². The molecule has 3 aliphatic rings. The van der Waals surface area contributed by atoms with Gasteiger partial charge >= 0.3 is 11.9 Å². The average Bonchev–Trinajstić information content (AvgIpc) is 4.02. The van der Waals surface area contributed by atoms with E-state index in [1.165, 1.54) is 0 Å². The molecule has 3 aliphatic heterocycles. The van der Waals surface area contributed by atoms with Crippen LogP contribution in [0.15, 0.2) is 73.1 Å². The molecule has 3 saturated heterocycles. The Bertz CT molecular complexity index is 1690. The molecule has 0 radical (unpaired) electrons. The number of hydrogen-bond donors (Lipinski definition) is 2. The van der Waals surface area contributed by atoms with Crippen molar-refractivity contribution in [3.8, 4) is 11.5 Å². The molecule has 2 aromatic heterocycles. The van der Waals surface area contributed by atoms with Crippen LogP contribution in [0.25, 0.3) is 21.8 Å². The number of likely N-dealkylation sites (tertiary alicyclic amines) is 1. The fourth-order valence-corrected chi connectivity index (χ4v) is 6.27. The summed E-state index contributed by atoms with van der Waals surface area (Å²) in [5, 5.41) is 15.5. The van der Waals surface area contributed by atoms with Gasteiger partial charge in [0.2, 0.25) is 0 Å². The number of rotatable bonds is 12. The molecule has 0 saturated carbocycles. The maximum atomic E-state index is 11.9. The molecule has 4 aromatic rings. The number of aliphatic hydroxyl groups excluding tert-OH is 1. The number of epoxide rings is 1. The molecule has 52 heavy (non-hydrogen) atoms. The van der Waals surface area contributed by atoms with Crippen molar-refractivity contribution in [2.45, 2.75) is 51.7 Å². The Morgan fingerprint density at radius 2 is 1.48 bits per heavy atom. The molecule has 7 rings (SSSR count). The topological polar surface area (TPSA) is 145 Å². The summed E-state index contributed by atoms with van der Waals surface area (Å²) in [4.78, 5) is 33.8. The molecule has 12 heteroatoms. The fourth-order valence-electron chi connectivity index (χ4n) is 6.27. The molecule has 0 aliphatic carbocycles. The number of nitrogens with zero attached hydrogens (tertiary/aromatic N) is 3. The van der Waals surface area contributed by atoms with Gasteiger partial charge in [0.1, 0.15) is 36.9 Å². The molecule has 2 unspecified atom stereocenters. The molecule has 0 spiro atoms. The quantitative estimate of drug-likeness (QED) is 0.153. The second-order valence-electron chi connectivity index (χ2n) is 13.0. The van der Waals surface area contributed by atoms with E-state index >= 15 is 0 Å². The molecule has 4 atom stereocenters. The summed E-state index contributed by atoms with van der Waals surface area (Å²) in [6.07, 6.45) is 7.06. The van der Waals surface area contributed by atoms with Gasteiger partial charge in [0, 0.05) is 42.8 Å². The third-order valence-corrected chi connectivity index (χ3v) is 8.98. The van der Waals surface area contributed by atoms with Gasteiger partial charge < -0.3 is 34.1 Å². The highest BCUT2D eigenvalue weighted by Gasteiger charge is 2.28. The van der Waals surface area contributed by atoms with Gasteiger partial charge in [-0.1, -0.05) is 12.1 Å². The van der Waals surface area contributed by atoms with Crippen LogP contribution in [0.1, 0.15) is 39.5 Å². The molecule has 0 amide bonds. The summed E-state index contributed by atoms with van der Waals surface area (Å²) in [6, 6.07) is 19.4. The Labute approximate surface area is 305 Å². The minimum absolute atomic E-state index is 0.0419. The Hall–Kier alpha value is -4.36. The number of fused-ring (bicyclic) bond motifs is 2. The third-order valence-electron chi connectivity index (χ3n) is 8.98. The lowest BCUT2D eigenvalue weighted by atomic mass is 9.98. The maximum absolute atomic E-state index is 11.9. The smallest absolute Gasteiger partial charge is 0.310 e. The zero-order chi connectivity index (χ0) is 36.5. The van der Waals surface area contributed by atoms with E-state index in [-0.39, 0.29) is 36.5 Å². The Morgan fingerprint density at radius 1 is 0.865 bits per heavy atom. The number of pyridine rings is 2. The number of aromatic nitrogens is 2. The first-order valence-electron chi connectivity index (χ1n) is 18.4. The summed E-state index contributed by atoms with van der Waals surface area (Å²) in [7, 11) is 0. The van der Waals surface area contributed by atoms with Crippen LogP contribution < -0.4 is 14.8 Å². The van der Waals surface area contributed by atoms with Crippen molar-refractivity contribution < 1.29 is 38.4 Å². The molecule has 0 bridgehead atoms. The van der Waals surface area contributed by atoms with Gasteiger partial charge in [0.25, 0.3) is 0 Å². The molecule has 2 N–H and O–H groups in total. The van der Waals surface area contributed by atoms with Gasteiger partial charge in [-0.25, -0.2) is 0 Å². The van der Waals surface area contributed by atoms with Gasteiger partial charge in [-0.15, -0.1) is 0 Å². The lowest BCUT2D eigenvalue weighted by Crippen LogP contribution is -2.44. The van der Waals surface area contributed by atoms with E-state index in [0.29, 0.717) is 32.9 Å². The van der Waals surface area contributed by atoms with Crippen molar-refractivity contribution in [1.29, 1.82) is 0 Å². The minimum atomic E-state index is -0.622. The van der Waals surface area contributed by atoms with Crippen LogP contribution in [0.2, 0.25) is 0 Å². The van der Waals surface area contributed by atoms with Crippen LogP contribution in [0.4, 0.5) is 0 Å². The average molecular weight is 717 g/mol. The lowest BCUT2D eigenvalue weighted by molar-refractivity contribution is -0.150. The van der Waals surface area contributed by atoms with Crippen LogP contribution in [0, 0.1) is 11.8 Å². The van der Waals surface area contributed by atoms with Crippen molar-refractivity contribution in [3.63, 3.8) is 0 Å². The highest BCUT2D eigenvalue weighted by atomic mass is 16.6. The van der Waals surface area contributed by atoms with Crippen molar-refractivity contribution in [3.05, 3.63) is 73.1 Å². The molecule has 2 aromatic carbocycles. The molecular weight excluding hydrogens is 664 g/mol. The standard InChI is InChI=1S/C20H26N2O4.C12H11NO2.C8H15NO2/c1-2-25-20(24)15-6-5-11-22(12-15)13-16(23)14-26-19-9-3-8-18-17(19)7-4-10-21-18;1-4-11-10(3-2-6-13-11)12(5-1)15-8-9-7-14-9;1-2-11-8(10)7-4-3-5-9-6-7/h3-4,7-10,15-16,23H,2,5-6,11-14H2,1H3;1-6,9H,7-8H2;7,9H,2-6H2,1H3/t15?,16-;9-;/m11./s1. The largest absolute Gasteiger partial charge is 0.490 e. The van der Waals surface area contributed by atoms with Crippen molar-refractivity contribution in [2.75, 3.05) is 65.8 Å². The summed E-state index contributed by atoms with van der Waals surface area (Å²) in [6.45, 7) is 10.1. The summed E-state index contributed by atoms with van der Waals surface area (Å²) >= 11 is 0. The lowest BCUT2D eigenvalue weighted by Gasteiger charge is -2.32. The van der Waals surface area contributed by atoms with Crippen LogP contribution >= 0.6 is 0 Å². The number of benzene rings is 2. The molecule has 5 heterocycles. The predicted octanol–water partition coefficient (Wildman–Crippen LogP) is 4.81. The molecule has 12 nitrogen and oxygen atoms in total. The highest BCUT2D eigenvalue weighted by molar-refractivity contribution is 5.85. The van der Waals surface area contributed by atoms with E-state index in [2.05, 4.69) is 20.2 Å². The third kappa shape index (κ3) is 12.1. The van der Waals surface area contributed by atoms with Gasteiger partial charge in [0.15, 0.2) is 0 Å². The number of nitrogens with one attached hydrogen (secondary N) is 1. The highest BCUT2D eigenvalue weighted by Crippen LogP contribution is 2.26. The SMILES string of the molecule is CCOC(=O)C1CCCN(C[C@@H](O)COc2cccc3ncccc23)C1.CCOC(=O)C1CCCNC1.c1cc(OC[C@H]2CO2)c2cccnc2c1. The van der Waals surface area contributed by atoms with E-state index in [1.54, 1.807) is 12.4 Å². The van der Waals surface area contributed by atoms with Crippen LogP contribution in [-0.4, -0.2) is 110 Å². The Balaban J connectivity index is 0.000000168. The Morgan fingerprint density at radius 3 is 2.08 bits per heavy atom. The van der Waals surface area contributed by atoms with E-state index in [1.807, 2.05) is 74.5 Å². The first-order valence-corrected chi connectivity index (χ1v) is 18.4. The van der Waals surface area contributed by atoms with Crippen molar-refractivity contribution >= 4 is 33.7 Å². The number of esters is 2. The first kappa shape index (κ1) is 38.9. The van der Waals surface area contributed by atoms with Crippen molar-refractivity contribution in [1.82, 2.24) is 20.2 Å². The van der Waals surface area contributed by atoms with Crippen LogP contribution in [0.5, 0.6) is 11.5 Å². The monoisotopic (exact) mass is 716 g/mol. The minimum Gasteiger partial charge on any atom is -0.490 e. The zero-order valence-corrected chi connectivity index (χ0v) is 30.3. The summed E-state index contributed by atoms with van der Waals surface area (Å²) < 4.78 is 26.6. The van der Waals surface area contributed by atoms with Crippen LogP contribution in [-0.2, 0) is 23.8 Å². The number of hydrogen-bond acceptors (Lipinski definition) is 12. The first-order chi connectivity index (χ1) is 25.4. The van der Waals surface area contributed by atoms with Crippen molar-refractivity contribution in [2.24, 2.45) is 11.8 Å². The number of ether oxygens (including phenoxy) is 5. The second kappa shape index (κ2) is 20.6. The second-order valence-corrected chi connectivity index (χ2v) is 13.0. The number of carbonyl (C=O) groups excluding carboxylic acids is 2. The molecular formula is C40H52N4O8. The zero-order valence-electron chi connectivity index (χ0n) is 30.3. The van der Waals surface area contributed by atoms with Gasteiger partial charge in [0.05, 0.1) is 42.7 Å². The Kier molecular flexibility index (Phi) is 15.4. The normalized spacial score (nSPS) is 20.3. The van der Waals surface area contributed by atoms with E-state index in [4.69, 9.17) is 23.7 Å². The number of aliphatic hydroxyl groups is 1. The molecule has 3 fully saturated rings. The number of carbonyl (C=O) groups is 2. The summed E-state index contributed by atoms with van der Waals surface area (Å²) in [5.74, 6) is 1.43. The van der Waals surface area contributed by atoms with Gasteiger partial charge in [-0.2, -0.15) is 0 Å². The van der Waals surface area contributed by atoms with Crippen LogP contribution in [0.3, 0.4) is 0 Å². The predicted molar refractivity (Wildman–Crippen MR) is 198 cm³/mol. The number of piperidine rings is 2. The van der Waals surface area contributed by atoms with Gasteiger partial charge in [-0.3, -0.25) is 24.5 Å². The van der Waals surface area contributed by atoms with E-state index in [0.717, 1.165) is 85.2 Å². The fraction of sp³-hybridized carbons (Fsp3) is 0.500. The molecule has 280 valence electrons. The van der Waals surface area contributed by atoms with E-state index < -0.39 is 6.10 Å². The maximum Gasteiger partial charge on any atom is 0.310 e.